The van der Waals surface area contributed by atoms with E-state index in [2.05, 4.69) is 12.1 Å². The Morgan fingerprint density at radius 2 is 1.70 bits per heavy atom. The molecule has 1 saturated heterocycles. The van der Waals surface area contributed by atoms with Crippen LogP contribution in [0.4, 0.5) is 5.69 Å². The molecule has 0 amide bonds. The van der Waals surface area contributed by atoms with Gasteiger partial charge in [-0.25, -0.2) is 5.06 Å². The van der Waals surface area contributed by atoms with Gasteiger partial charge in [0, 0.05) is 5.57 Å². The Hall–Kier alpha value is -2.26. The number of nitrogens with zero attached hydrogens (tertiary/aromatic N) is 1. The van der Waals surface area contributed by atoms with Crippen molar-refractivity contribution in [1.82, 2.24) is 0 Å². The molecule has 3 heteroatoms. The van der Waals surface area contributed by atoms with E-state index in [1.165, 1.54) is 5.56 Å². The summed E-state index contributed by atoms with van der Waals surface area (Å²) in [5.74, 6) is 0. The first-order valence-corrected chi connectivity index (χ1v) is 6.64. The summed E-state index contributed by atoms with van der Waals surface area (Å²) in [4.78, 5) is 5.86. The second kappa shape index (κ2) is 5.80. The van der Waals surface area contributed by atoms with Gasteiger partial charge in [0.2, 0.25) is 0 Å². The Kier molecular flexibility index (Phi) is 3.70. The van der Waals surface area contributed by atoms with Crippen molar-refractivity contribution in [3.05, 3.63) is 78.1 Å². The minimum atomic E-state index is 0.0542. The summed E-state index contributed by atoms with van der Waals surface area (Å²) in [6.07, 6.45) is 1.78. The van der Waals surface area contributed by atoms with Gasteiger partial charge in [-0.2, -0.15) is 0 Å². The third kappa shape index (κ3) is 2.40. The highest BCUT2D eigenvalue weighted by molar-refractivity contribution is 5.50. The lowest BCUT2D eigenvalue weighted by Crippen LogP contribution is -2.21. The fraction of sp³-hybridized carbons (Fsp3) is 0.176. The number of hydrogen-bond donors (Lipinski definition) is 0. The zero-order valence-corrected chi connectivity index (χ0v) is 11.4. The number of methoxy groups -OCH3 is 1. The Balaban J connectivity index is 2.00. The zero-order chi connectivity index (χ0) is 13.8. The fourth-order valence-corrected chi connectivity index (χ4v) is 2.48. The van der Waals surface area contributed by atoms with E-state index in [-0.39, 0.29) is 6.04 Å². The van der Waals surface area contributed by atoms with Gasteiger partial charge >= 0.3 is 0 Å². The average Bonchev–Trinajstić information content (AvgIpc) is 2.93. The van der Waals surface area contributed by atoms with E-state index < -0.39 is 0 Å². The van der Waals surface area contributed by atoms with Crippen molar-refractivity contribution in [1.29, 1.82) is 0 Å². The lowest BCUT2D eigenvalue weighted by atomic mass is 10.0. The molecule has 2 aromatic rings. The largest absolute Gasteiger partial charge is 0.504 e. The van der Waals surface area contributed by atoms with Crippen molar-refractivity contribution in [3.8, 4) is 0 Å². The predicted molar refractivity (Wildman–Crippen MR) is 79.1 cm³/mol. The molecule has 3 rings (SSSR count). The molecule has 1 aliphatic rings. The lowest BCUT2D eigenvalue weighted by molar-refractivity contribution is 0.161. The molecular formula is C17H17NO2. The molecule has 1 atom stereocenters. The SMILES string of the molecule is CO/C=C1\CON(c2ccccc2)C1c1ccccc1. The summed E-state index contributed by atoms with van der Waals surface area (Å²) in [6, 6.07) is 20.5. The smallest absolute Gasteiger partial charge is 0.108 e. The van der Waals surface area contributed by atoms with Crippen LogP contribution >= 0.6 is 0 Å². The monoisotopic (exact) mass is 267 g/mol. The van der Waals surface area contributed by atoms with Gasteiger partial charge in [-0.1, -0.05) is 48.5 Å². The quantitative estimate of drug-likeness (QED) is 0.791. The molecule has 0 N–H and O–H groups in total. The molecule has 2 aromatic carbocycles. The highest BCUT2D eigenvalue weighted by atomic mass is 16.7. The number of anilines is 1. The van der Waals surface area contributed by atoms with Crippen LogP contribution in [0.5, 0.6) is 0 Å². The molecule has 0 bridgehead atoms. The zero-order valence-electron chi connectivity index (χ0n) is 11.4. The first-order chi connectivity index (χ1) is 9.90. The maximum absolute atomic E-state index is 5.86. The van der Waals surface area contributed by atoms with E-state index >= 15 is 0 Å². The van der Waals surface area contributed by atoms with Crippen molar-refractivity contribution in [2.45, 2.75) is 6.04 Å². The van der Waals surface area contributed by atoms with Crippen LogP contribution in [0.1, 0.15) is 11.6 Å². The van der Waals surface area contributed by atoms with Gasteiger partial charge in [0.25, 0.3) is 0 Å². The molecule has 0 radical (unpaired) electrons. The van der Waals surface area contributed by atoms with Crippen molar-refractivity contribution in [2.75, 3.05) is 18.8 Å². The Bertz CT molecular complexity index is 580. The van der Waals surface area contributed by atoms with Gasteiger partial charge in [0.1, 0.15) is 12.6 Å². The third-order valence-electron chi connectivity index (χ3n) is 3.35. The van der Waals surface area contributed by atoms with E-state index in [4.69, 9.17) is 9.57 Å². The molecule has 1 fully saturated rings. The van der Waals surface area contributed by atoms with Gasteiger partial charge in [-0.3, -0.25) is 4.84 Å². The summed E-state index contributed by atoms with van der Waals surface area (Å²) in [5, 5.41) is 1.94. The number of rotatable bonds is 3. The van der Waals surface area contributed by atoms with Crippen LogP contribution in [0.2, 0.25) is 0 Å². The third-order valence-corrected chi connectivity index (χ3v) is 3.35. The maximum Gasteiger partial charge on any atom is 0.108 e. The molecule has 1 unspecified atom stereocenters. The summed E-state index contributed by atoms with van der Waals surface area (Å²) >= 11 is 0. The molecule has 3 nitrogen and oxygen atoms in total. The molecule has 0 aliphatic carbocycles. The molecule has 102 valence electrons. The predicted octanol–water partition coefficient (Wildman–Crippen LogP) is 3.71. The van der Waals surface area contributed by atoms with E-state index in [1.807, 2.05) is 53.6 Å². The summed E-state index contributed by atoms with van der Waals surface area (Å²) < 4.78 is 5.19. The number of hydroxylamine groups is 1. The Labute approximate surface area is 119 Å². The lowest BCUT2D eigenvalue weighted by Gasteiger charge is -2.25. The maximum atomic E-state index is 5.86. The number of hydrogen-bond acceptors (Lipinski definition) is 3. The topological polar surface area (TPSA) is 21.7 Å². The summed E-state index contributed by atoms with van der Waals surface area (Å²) in [6.45, 7) is 0.544. The van der Waals surface area contributed by atoms with Gasteiger partial charge in [-0.15, -0.1) is 0 Å². The van der Waals surface area contributed by atoms with Crippen LogP contribution < -0.4 is 5.06 Å². The van der Waals surface area contributed by atoms with Crippen LogP contribution in [0.3, 0.4) is 0 Å². The minimum Gasteiger partial charge on any atom is -0.504 e. The second-order valence-corrected chi connectivity index (χ2v) is 4.68. The number of para-hydroxylation sites is 1. The highest BCUT2D eigenvalue weighted by Gasteiger charge is 2.32. The first kappa shape index (κ1) is 12.8. The summed E-state index contributed by atoms with van der Waals surface area (Å²) in [5.41, 5.74) is 3.35. The van der Waals surface area contributed by atoms with Gasteiger partial charge < -0.3 is 4.74 Å². The molecule has 0 aromatic heterocycles. The summed E-state index contributed by atoms with van der Waals surface area (Å²) in [7, 11) is 1.67. The van der Waals surface area contributed by atoms with Crippen molar-refractivity contribution in [2.24, 2.45) is 0 Å². The van der Waals surface area contributed by atoms with Crippen molar-refractivity contribution >= 4 is 5.69 Å². The minimum absolute atomic E-state index is 0.0542. The fourth-order valence-electron chi connectivity index (χ4n) is 2.48. The Morgan fingerprint density at radius 1 is 1.05 bits per heavy atom. The van der Waals surface area contributed by atoms with E-state index in [1.54, 1.807) is 13.4 Å². The number of ether oxygens (including phenoxy) is 1. The van der Waals surface area contributed by atoms with E-state index in [0.717, 1.165) is 11.3 Å². The van der Waals surface area contributed by atoms with E-state index in [9.17, 15) is 0 Å². The molecule has 20 heavy (non-hydrogen) atoms. The van der Waals surface area contributed by atoms with Crippen LogP contribution in [-0.2, 0) is 9.57 Å². The van der Waals surface area contributed by atoms with Crippen molar-refractivity contribution < 1.29 is 9.57 Å². The Morgan fingerprint density at radius 3 is 2.35 bits per heavy atom. The second-order valence-electron chi connectivity index (χ2n) is 4.68. The first-order valence-electron chi connectivity index (χ1n) is 6.64. The van der Waals surface area contributed by atoms with Crippen LogP contribution in [0, 0.1) is 0 Å². The highest BCUT2D eigenvalue weighted by Crippen LogP contribution is 2.38. The van der Waals surface area contributed by atoms with Crippen LogP contribution in [0.15, 0.2) is 72.5 Å². The molecular weight excluding hydrogens is 250 g/mol. The number of benzene rings is 2. The van der Waals surface area contributed by atoms with Crippen LogP contribution in [0.25, 0.3) is 0 Å². The molecule has 0 spiro atoms. The van der Waals surface area contributed by atoms with E-state index in [0.29, 0.717) is 6.61 Å². The van der Waals surface area contributed by atoms with Gasteiger partial charge in [-0.05, 0) is 17.7 Å². The average molecular weight is 267 g/mol. The van der Waals surface area contributed by atoms with Crippen LogP contribution in [-0.4, -0.2) is 13.7 Å². The normalized spacial score (nSPS) is 20.4. The standard InChI is InChI=1S/C17H17NO2/c1-19-12-15-13-20-18(16-10-6-3-7-11-16)17(15)14-8-4-2-5-9-14/h2-12,17H,13H2,1H3/b15-12+. The van der Waals surface area contributed by atoms with Gasteiger partial charge in [0.05, 0.1) is 19.1 Å². The molecule has 1 aliphatic heterocycles. The molecule has 0 saturated carbocycles. The van der Waals surface area contributed by atoms with Gasteiger partial charge in [0.15, 0.2) is 0 Å². The van der Waals surface area contributed by atoms with Crippen molar-refractivity contribution in [3.63, 3.8) is 0 Å². The molecule has 1 heterocycles.